The quantitative estimate of drug-likeness (QED) is 0.0793. The monoisotopic (exact) mass is 856 g/mol. The molecule has 0 radical (unpaired) electrons. The van der Waals surface area contributed by atoms with Crippen molar-refractivity contribution in [3.05, 3.63) is 53.7 Å². The fourth-order valence-electron chi connectivity index (χ4n) is 6.73. The third-order valence-electron chi connectivity index (χ3n) is 9.78. The molecule has 0 aliphatic carbocycles. The van der Waals surface area contributed by atoms with E-state index in [0.29, 0.717) is 18.6 Å². The SMILES string of the molecule is CC[Si](CC)(CC)OC(CN(CCOc1ccc2c(C(F)(F)F)nn([C@H]3CCCCO3)c2c1)C(=O)OC(C)(C)C)c1cccc(N(CC(=O)OC(C)(C)C)S(=O)O)c1. The average molecular weight is 857 g/mol. The topological polar surface area (TPSA) is 142 Å². The summed E-state index contributed by atoms with van der Waals surface area (Å²) in [6.07, 6.45) is -4.55. The largest absolute Gasteiger partial charge is 0.492 e. The number of rotatable bonds is 17. The molecule has 13 nitrogen and oxygen atoms in total. The summed E-state index contributed by atoms with van der Waals surface area (Å²) in [6.45, 7) is 16.5. The number of esters is 1. The van der Waals surface area contributed by atoms with Crippen LogP contribution < -0.4 is 9.04 Å². The predicted molar refractivity (Wildman–Crippen MR) is 218 cm³/mol. The lowest BCUT2D eigenvalue weighted by Crippen LogP contribution is -2.45. The van der Waals surface area contributed by atoms with Crippen LogP contribution in [-0.4, -0.2) is 87.9 Å². The molecule has 0 spiro atoms. The molecule has 1 aliphatic rings. The van der Waals surface area contributed by atoms with Crippen LogP contribution in [0.3, 0.4) is 0 Å². The standard InChI is InChI=1S/C40H59F3N4O9SSi/c1-10-58(11-2,12-3)56-33(28-16-15-17-29(24-28)46(57(50)51)27-35(48)54-38(4,5)6)26-45(37(49)55-39(7,8)9)21-23-52-30-19-20-31-32(25-30)47(34-18-13-14-22-53-34)44-36(31)40(41,42)43/h15-17,19-20,24-25,33-34H,10-14,18,21-23,26-27H2,1-9H3,(H,50,51)/t33?,34-/m1/s1. The van der Waals surface area contributed by atoms with E-state index in [4.69, 9.17) is 23.4 Å². The van der Waals surface area contributed by atoms with Crippen molar-refractivity contribution in [2.24, 2.45) is 0 Å². The molecule has 18 heteroatoms. The van der Waals surface area contributed by atoms with Crippen LogP contribution >= 0.6 is 0 Å². The number of fused-ring (bicyclic) bond motifs is 1. The van der Waals surface area contributed by atoms with E-state index < -0.39 is 73.6 Å². The van der Waals surface area contributed by atoms with Crippen LogP contribution in [-0.2, 0) is 40.9 Å². The van der Waals surface area contributed by atoms with Gasteiger partial charge in [-0.1, -0.05) is 32.9 Å². The van der Waals surface area contributed by atoms with E-state index in [-0.39, 0.29) is 42.0 Å². The number of halogens is 3. The van der Waals surface area contributed by atoms with Crippen molar-refractivity contribution in [1.29, 1.82) is 0 Å². The van der Waals surface area contributed by atoms with Crippen molar-refractivity contribution in [2.45, 2.75) is 129 Å². The molecule has 0 bridgehead atoms. The first-order chi connectivity index (χ1) is 27.1. The summed E-state index contributed by atoms with van der Waals surface area (Å²) >= 11 is -2.58. The minimum absolute atomic E-state index is 0.00449. The van der Waals surface area contributed by atoms with E-state index in [1.807, 2.05) is 0 Å². The van der Waals surface area contributed by atoms with Gasteiger partial charge >= 0.3 is 18.2 Å². The number of carbonyl (C=O) groups is 2. The van der Waals surface area contributed by atoms with Gasteiger partial charge in [-0.15, -0.1) is 0 Å². The number of hydrogen-bond donors (Lipinski definition) is 1. The molecule has 1 N–H and O–H groups in total. The maximum Gasteiger partial charge on any atom is 0.435 e. The van der Waals surface area contributed by atoms with Crippen LogP contribution in [0.15, 0.2) is 42.5 Å². The maximum atomic E-state index is 14.0. The van der Waals surface area contributed by atoms with Crippen molar-refractivity contribution in [1.82, 2.24) is 14.7 Å². The second-order valence-electron chi connectivity index (χ2n) is 16.4. The summed E-state index contributed by atoms with van der Waals surface area (Å²) < 4.78 is 97.4. The van der Waals surface area contributed by atoms with Crippen LogP contribution in [0, 0.1) is 0 Å². The van der Waals surface area contributed by atoms with Gasteiger partial charge in [0, 0.05) is 18.1 Å². The van der Waals surface area contributed by atoms with E-state index in [0.717, 1.165) is 35.3 Å². The van der Waals surface area contributed by atoms with Gasteiger partial charge in [-0.25, -0.2) is 13.7 Å². The molecule has 3 atom stereocenters. The highest BCUT2D eigenvalue weighted by Crippen LogP contribution is 2.38. The Morgan fingerprint density at radius 1 is 1.00 bits per heavy atom. The van der Waals surface area contributed by atoms with Crippen LogP contribution in [0.2, 0.25) is 18.1 Å². The van der Waals surface area contributed by atoms with Gasteiger partial charge in [0.05, 0.1) is 30.4 Å². The number of alkyl halides is 3. The summed E-state index contributed by atoms with van der Waals surface area (Å²) in [7, 11) is -2.38. The molecule has 58 heavy (non-hydrogen) atoms. The van der Waals surface area contributed by atoms with Crippen LogP contribution in [0.4, 0.5) is 23.7 Å². The van der Waals surface area contributed by atoms with E-state index in [1.165, 1.54) is 27.8 Å². The zero-order chi connectivity index (χ0) is 43.1. The van der Waals surface area contributed by atoms with Gasteiger partial charge in [0.2, 0.25) is 0 Å². The van der Waals surface area contributed by atoms with Crippen molar-refractivity contribution in [2.75, 3.05) is 37.2 Å². The van der Waals surface area contributed by atoms with E-state index in [9.17, 15) is 31.5 Å². The van der Waals surface area contributed by atoms with Gasteiger partial charge < -0.3 is 28.3 Å². The zero-order valence-corrected chi connectivity index (χ0v) is 36.8. The molecule has 4 rings (SSSR count). The number of hydrogen-bond acceptors (Lipinski definition) is 9. The number of benzene rings is 2. The minimum atomic E-state index is -4.67. The molecule has 1 aliphatic heterocycles. The number of carbonyl (C=O) groups excluding carboxylic acids is 2. The van der Waals surface area contributed by atoms with Crippen LogP contribution in [0.1, 0.15) is 105 Å². The lowest BCUT2D eigenvalue weighted by atomic mass is 10.1. The summed E-state index contributed by atoms with van der Waals surface area (Å²) in [5.74, 6) is -0.412. The summed E-state index contributed by atoms with van der Waals surface area (Å²) in [5, 5.41) is 3.86. The normalized spacial score (nSPS) is 16.5. The third-order valence-corrected chi connectivity index (χ3v) is 15.1. The highest BCUT2D eigenvalue weighted by molar-refractivity contribution is 7.80. The lowest BCUT2D eigenvalue weighted by Gasteiger charge is -2.37. The highest BCUT2D eigenvalue weighted by atomic mass is 32.2. The molecule has 324 valence electrons. The number of amides is 1. The first kappa shape index (κ1) is 47.0. The Morgan fingerprint density at radius 2 is 1.67 bits per heavy atom. The first-order valence-electron chi connectivity index (χ1n) is 19.8. The van der Waals surface area contributed by atoms with Crippen LogP contribution in [0.25, 0.3) is 10.9 Å². The Labute approximate surface area is 343 Å². The molecule has 1 saturated heterocycles. The van der Waals surface area contributed by atoms with Gasteiger partial charge in [0.25, 0.3) is 11.3 Å². The maximum absolute atomic E-state index is 14.0. The first-order valence-corrected chi connectivity index (χ1v) is 23.4. The molecular weight excluding hydrogens is 798 g/mol. The number of aromatic nitrogens is 2. The van der Waals surface area contributed by atoms with E-state index >= 15 is 0 Å². The molecule has 2 heterocycles. The second-order valence-corrected chi connectivity index (χ2v) is 22.0. The number of ether oxygens (including phenoxy) is 4. The predicted octanol–water partition coefficient (Wildman–Crippen LogP) is 9.42. The van der Waals surface area contributed by atoms with Gasteiger partial charge in [0.1, 0.15) is 30.1 Å². The Kier molecular flexibility index (Phi) is 15.8. The zero-order valence-electron chi connectivity index (χ0n) is 35.0. The summed E-state index contributed by atoms with van der Waals surface area (Å²) in [6, 6.07) is 13.4. The fraction of sp³-hybridized carbons (Fsp3) is 0.625. The second kappa shape index (κ2) is 19.6. The average Bonchev–Trinajstić information content (AvgIpc) is 3.54. The van der Waals surface area contributed by atoms with Gasteiger partial charge in [-0.05, 0) is 109 Å². The smallest absolute Gasteiger partial charge is 0.435 e. The van der Waals surface area contributed by atoms with Crippen molar-refractivity contribution < 1.29 is 54.9 Å². The molecule has 2 unspecified atom stereocenters. The Morgan fingerprint density at radius 3 is 2.24 bits per heavy atom. The molecule has 1 fully saturated rings. The molecule has 0 saturated carbocycles. The molecule has 3 aromatic rings. The summed E-state index contributed by atoms with van der Waals surface area (Å²) in [4.78, 5) is 28.1. The van der Waals surface area contributed by atoms with E-state index in [1.54, 1.807) is 65.8 Å². The molecule has 2 aromatic carbocycles. The van der Waals surface area contributed by atoms with E-state index in [2.05, 4.69) is 25.9 Å². The minimum Gasteiger partial charge on any atom is -0.492 e. The molecule has 1 amide bonds. The van der Waals surface area contributed by atoms with Crippen molar-refractivity contribution >= 4 is 48.2 Å². The van der Waals surface area contributed by atoms with Gasteiger partial charge in [-0.2, -0.15) is 18.3 Å². The van der Waals surface area contributed by atoms with Gasteiger partial charge in [0.15, 0.2) is 20.2 Å². The summed E-state index contributed by atoms with van der Waals surface area (Å²) in [5.41, 5.74) is -1.57. The Hall–Kier alpha value is -3.71. The Bertz CT molecular complexity index is 1860. The van der Waals surface area contributed by atoms with Crippen molar-refractivity contribution in [3.8, 4) is 5.75 Å². The Balaban J connectivity index is 1.67. The van der Waals surface area contributed by atoms with Crippen molar-refractivity contribution in [3.63, 3.8) is 0 Å². The molecule has 1 aromatic heterocycles. The number of anilines is 1. The lowest BCUT2D eigenvalue weighted by molar-refractivity contribution is -0.152. The highest BCUT2D eigenvalue weighted by Gasteiger charge is 2.39. The number of nitrogens with zero attached hydrogens (tertiary/aromatic N) is 4. The third kappa shape index (κ3) is 12.9. The van der Waals surface area contributed by atoms with Crippen LogP contribution in [0.5, 0.6) is 5.75 Å². The molecular formula is C40H59F3N4O9SSi. The van der Waals surface area contributed by atoms with Gasteiger partial charge in [-0.3, -0.25) is 13.7 Å². The fourth-order valence-corrected chi connectivity index (χ4v) is 10.1.